The van der Waals surface area contributed by atoms with Crippen LogP contribution in [0.25, 0.3) is 0 Å². The van der Waals surface area contributed by atoms with E-state index in [0.717, 1.165) is 11.4 Å². The molecule has 1 heterocycles. The lowest BCUT2D eigenvalue weighted by Gasteiger charge is -2.03. The van der Waals surface area contributed by atoms with Crippen molar-refractivity contribution in [1.82, 2.24) is 15.0 Å². The number of thioether (sulfide) groups is 1. The minimum atomic E-state index is 0.480. The molecular formula is C7H12ClN3S. The van der Waals surface area contributed by atoms with E-state index in [4.69, 9.17) is 11.6 Å². The Hall–Kier alpha value is -0.220. The van der Waals surface area contributed by atoms with Crippen LogP contribution in [0.2, 0.25) is 0 Å². The van der Waals surface area contributed by atoms with Gasteiger partial charge in [-0.05, 0) is 0 Å². The molecule has 0 N–H and O–H groups in total. The fraction of sp³-hybridized carbons (Fsp3) is 0.714. The van der Waals surface area contributed by atoms with Gasteiger partial charge in [-0.2, -0.15) is 11.8 Å². The Kier molecular flexibility index (Phi) is 3.88. The lowest BCUT2D eigenvalue weighted by molar-refractivity contribution is 0.714. The number of aryl methyl sites for hydroxylation is 1. The molecule has 1 rings (SSSR count). The zero-order chi connectivity index (χ0) is 8.97. The van der Waals surface area contributed by atoms with Crippen LogP contribution in [-0.2, 0) is 12.8 Å². The highest BCUT2D eigenvalue weighted by Gasteiger charge is 2.03. The Labute approximate surface area is 81.5 Å². The molecule has 0 aliphatic heterocycles. The summed E-state index contributed by atoms with van der Waals surface area (Å²) in [7, 11) is 1.87. The van der Waals surface area contributed by atoms with Gasteiger partial charge in [0.2, 0.25) is 0 Å². The third-order valence-electron chi connectivity index (χ3n) is 1.38. The Morgan fingerprint density at radius 2 is 2.50 bits per heavy atom. The monoisotopic (exact) mass is 205 g/mol. The molecule has 68 valence electrons. The number of hydrogen-bond donors (Lipinski definition) is 0. The molecular weight excluding hydrogens is 194 g/mol. The molecule has 12 heavy (non-hydrogen) atoms. The molecule has 1 atom stereocenters. The third-order valence-corrected chi connectivity index (χ3v) is 3.23. The molecule has 5 heteroatoms. The second kappa shape index (κ2) is 4.72. The van der Waals surface area contributed by atoms with Crippen molar-refractivity contribution in [2.75, 3.05) is 5.88 Å². The first-order valence-corrected chi connectivity index (χ1v) is 5.33. The SMILES string of the molecule is CC(CCl)SCc1cn(C)nn1. The number of aromatic nitrogens is 3. The largest absolute Gasteiger partial charge is 0.255 e. The average Bonchev–Trinajstić information content (AvgIpc) is 2.47. The summed E-state index contributed by atoms with van der Waals surface area (Å²) < 4.78 is 1.71. The molecule has 0 saturated heterocycles. The summed E-state index contributed by atoms with van der Waals surface area (Å²) in [5.74, 6) is 1.58. The van der Waals surface area contributed by atoms with Gasteiger partial charge in [-0.15, -0.1) is 16.7 Å². The minimum absolute atomic E-state index is 0.480. The molecule has 0 aliphatic rings. The maximum Gasteiger partial charge on any atom is 0.0925 e. The van der Waals surface area contributed by atoms with Gasteiger partial charge >= 0.3 is 0 Å². The van der Waals surface area contributed by atoms with E-state index in [0.29, 0.717) is 11.1 Å². The zero-order valence-electron chi connectivity index (χ0n) is 7.20. The summed E-state index contributed by atoms with van der Waals surface area (Å²) >= 11 is 7.46. The standard InChI is InChI=1S/C7H12ClN3S/c1-6(3-8)12-5-7-4-11(2)10-9-7/h4,6H,3,5H2,1-2H3. The number of hydrogen-bond acceptors (Lipinski definition) is 3. The second-order valence-electron chi connectivity index (χ2n) is 2.66. The summed E-state index contributed by atoms with van der Waals surface area (Å²) in [6.45, 7) is 2.11. The van der Waals surface area contributed by atoms with Crippen LogP contribution in [0.5, 0.6) is 0 Å². The fourth-order valence-corrected chi connectivity index (χ4v) is 1.68. The first-order chi connectivity index (χ1) is 5.72. The molecule has 1 unspecified atom stereocenters. The maximum atomic E-state index is 5.66. The van der Waals surface area contributed by atoms with Crippen molar-refractivity contribution in [2.45, 2.75) is 17.9 Å². The van der Waals surface area contributed by atoms with E-state index in [1.54, 1.807) is 16.4 Å². The van der Waals surface area contributed by atoms with E-state index < -0.39 is 0 Å². The Morgan fingerprint density at radius 1 is 1.75 bits per heavy atom. The van der Waals surface area contributed by atoms with Gasteiger partial charge in [-0.25, -0.2) is 0 Å². The van der Waals surface area contributed by atoms with Crippen molar-refractivity contribution in [2.24, 2.45) is 7.05 Å². The molecule has 0 bridgehead atoms. The zero-order valence-corrected chi connectivity index (χ0v) is 8.77. The summed E-state index contributed by atoms with van der Waals surface area (Å²) in [6, 6.07) is 0. The fourth-order valence-electron chi connectivity index (χ4n) is 0.734. The summed E-state index contributed by atoms with van der Waals surface area (Å²) in [5.41, 5.74) is 1.01. The molecule has 0 saturated carbocycles. The predicted molar refractivity (Wildman–Crippen MR) is 52.5 cm³/mol. The van der Waals surface area contributed by atoms with E-state index in [2.05, 4.69) is 17.2 Å². The van der Waals surface area contributed by atoms with Gasteiger partial charge < -0.3 is 0 Å². The molecule has 3 nitrogen and oxygen atoms in total. The highest BCUT2D eigenvalue weighted by molar-refractivity contribution is 7.99. The normalized spacial score (nSPS) is 13.2. The molecule has 0 fully saturated rings. The van der Waals surface area contributed by atoms with Crippen molar-refractivity contribution in [3.05, 3.63) is 11.9 Å². The second-order valence-corrected chi connectivity index (χ2v) is 4.39. The van der Waals surface area contributed by atoms with Gasteiger partial charge in [0.1, 0.15) is 0 Å². The van der Waals surface area contributed by atoms with E-state index in [1.807, 2.05) is 13.2 Å². The van der Waals surface area contributed by atoms with Crippen LogP contribution < -0.4 is 0 Å². The highest BCUT2D eigenvalue weighted by atomic mass is 35.5. The van der Waals surface area contributed by atoms with E-state index >= 15 is 0 Å². The summed E-state index contributed by atoms with van der Waals surface area (Å²) in [5, 5.41) is 8.29. The first kappa shape index (κ1) is 9.86. The minimum Gasteiger partial charge on any atom is -0.255 e. The van der Waals surface area contributed by atoms with Gasteiger partial charge in [0, 0.05) is 30.1 Å². The maximum absolute atomic E-state index is 5.66. The van der Waals surface area contributed by atoms with Crippen LogP contribution in [0.3, 0.4) is 0 Å². The van der Waals surface area contributed by atoms with Crippen molar-refractivity contribution in [3.63, 3.8) is 0 Å². The Morgan fingerprint density at radius 3 is 3.00 bits per heavy atom. The summed E-state index contributed by atoms with van der Waals surface area (Å²) in [6.07, 6.45) is 1.92. The number of halogens is 1. The van der Waals surface area contributed by atoms with Crippen LogP contribution >= 0.6 is 23.4 Å². The smallest absolute Gasteiger partial charge is 0.0925 e. The van der Waals surface area contributed by atoms with Crippen molar-refractivity contribution in [3.8, 4) is 0 Å². The topological polar surface area (TPSA) is 30.7 Å². The third kappa shape index (κ3) is 3.03. The number of rotatable bonds is 4. The number of alkyl halides is 1. The molecule has 0 radical (unpaired) electrons. The van der Waals surface area contributed by atoms with Gasteiger partial charge in [-0.3, -0.25) is 4.68 Å². The molecule has 0 amide bonds. The van der Waals surface area contributed by atoms with Crippen molar-refractivity contribution >= 4 is 23.4 Å². The van der Waals surface area contributed by atoms with E-state index in [-0.39, 0.29) is 0 Å². The highest BCUT2D eigenvalue weighted by Crippen LogP contribution is 2.16. The van der Waals surface area contributed by atoms with E-state index in [1.165, 1.54) is 0 Å². The molecule has 0 aliphatic carbocycles. The van der Waals surface area contributed by atoms with Gasteiger partial charge in [0.15, 0.2) is 0 Å². The van der Waals surface area contributed by atoms with Gasteiger partial charge in [0.05, 0.1) is 5.69 Å². The van der Waals surface area contributed by atoms with Crippen LogP contribution in [-0.4, -0.2) is 26.1 Å². The van der Waals surface area contributed by atoms with Gasteiger partial charge in [0.25, 0.3) is 0 Å². The predicted octanol–water partition coefficient (Wildman–Crippen LogP) is 1.68. The lowest BCUT2D eigenvalue weighted by Crippen LogP contribution is -1.97. The molecule has 0 aromatic carbocycles. The first-order valence-electron chi connectivity index (χ1n) is 3.75. The van der Waals surface area contributed by atoms with Gasteiger partial charge in [-0.1, -0.05) is 12.1 Å². The van der Waals surface area contributed by atoms with Crippen LogP contribution in [0, 0.1) is 0 Å². The average molecular weight is 206 g/mol. The van der Waals surface area contributed by atoms with Crippen molar-refractivity contribution < 1.29 is 0 Å². The van der Waals surface area contributed by atoms with Crippen LogP contribution in [0.1, 0.15) is 12.6 Å². The molecule has 1 aromatic rings. The number of nitrogens with zero attached hydrogens (tertiary/aromatic N) is 3. The van der Waals surface area contributed by atoms with Crippen LogP contribution in [0.15, 0.2) is 6.20 Å². The molecule has 1 aromatic heterocycles. The van der Waals surface area contributed by atoms with E-state index in [9.17, 15) is 0 Å². The Balaban J connectivity index is 2.33. The quantitative estimate of drug-likeness (QED) is 0.701. The Bertz CT molecular complexity index is 238. The lowest BCUT2D eigenvalue weighted by atomic mass is 10.5. The molecule has 0 spiro atoms. The van der Waals surface area contributed by atoms with Crippen LogP contribution in [0.4, 0.5) is 0 Å². The van der Waals surface area contributed by atoms with Crippen molar-refractivity contribution in [1.29, 1.82) is 0 Å². The summed E-state index contributed by atoms with van der Waals surface area (Å²) in [4.78, 5) is 0.